The van der Waals surface area contributed by atoms with Crippen molar-refractivity contribution in [3.8, 4) is 11.5 Å². The number of methoxy groups -OCH3 is 1. The zero-order chi connectivity index (χ0) is 23.0. The molecule has 1 saturated heterocycles. The van der Waals surface area contributed by atoms with Crippen molar-refractivity contribution in [2.75, 3.05) is 38.7 Å². The van der Waals surface area contributed by atoms with Crippen LogP contribution in [0.4, 0.5) is 5.69 Å². The summed E-state index contributed by atoms with van der Waals surface area (Å²) in [7, 11) is 1.64. The Kier molecular flexibility index (Phi) is 6.05. The van der Waals surface area contributed by atoms with Crippen LogP contribution in [0.5, 0.6) is 11.5 Å². The van der Waals surface area contributed by atoms with Gasteiger partial charge in [-0.1, -0.05) is 0 Å². The molecule has 3 N–H and O–H groups in total. The summed E-state index contributed by atoms with van der Waals surface area (Å²) >= 11 is 0. The molecule has 0 bridgehead atoms. The number of fused-ring (bicyclic) bond motifs is 2. The van der Waals surface area contributed by atoms with E-state index in [4.69, 9.17) is 14.5 Å². The van der Waals surface area contributed by atoms with Crippen LogP contribution >= 0.6 is 0 Å². The third-order valence-electron chi connectivity index (χ3n) is 7.29. The Morgan fingerprint density at radius 3 is 2.73 bits per heavy atom. The van der Waals surface area contributed by atoms with E-state index in [1.165, 1.54) is 31.5 Å². The normalized spacial score (nSPS) is 24.5. The van der Waals surface area contributed by atoms with Crippen LogP contribution in [-0.4, -0.2) is 71.1 Å². The molecule has 1 aromatic carbocycles. The predicted molar refractivity (Wildman–Crippen MR) is 125 cm³/mol. The van der Waals surface area contributed by atoms with E-state index in [9.17, 15) is 15.0 Å². The van der Waals surface area contributed by atoms with E-state index in [0.717, 1.165) is 54.5 Å². The zero-order valence-electron chi connectivity index (χ0n) is 19.2. The summed E-state index contributed by atoms with van der Waals surface area (Å²) in [6.07, 6.45) is 6.86. The number of nitrogens with one attached hydrogen (secondary N) is 1. The minimum Gasteiger partial charge on any atom is -0.493 e. The number of nitrogens with zero attached hydrogens (tertiary/aromatic N) is 2. The van der Waals surface area contributed by atoms with Crippen molar-refractivity contribution in [3.63, 3.8) is 0 Å². The van der Waals surface area contributed by atoms with Crippen molar-refractivity contribution in [2.24, 2.45) is 0 Å². The number of benzene rings is 1. The van der Waals surface area contributed by atoms with Gasteiger partial charge in [-0.25, -0.2) is 4.79 Å². The van der Waals surface area contributed by atoms with Gasteiger partial charge in [0.05, 0.1) is 19.2 Å². The number of ether oxygens (including phenoxy) is 2. The Morgan fingerprint density at radius 2 is 2.00 bits per heavy atom. The predicted octanol–water partition coefficient (Wildman–Crippen LogP) is 2.99. The molecule has 1 aliphatic heterocycles. The zero-order valence-corrected chi connectivity index (χ0v) is 19.2. The highest BCUT2D eigenvalue weighted by Gasteiger charge is 2.49. The quantitative estimate of drug-likeness (QED) is 0.496. The number of hydrogen-bond acceptors (Lipinski definition) is 7. The molecule has 8 nitrogen and oxygen atoms in total. The van der Waals surface area contributed by atoms with Gasteiger partial charge in [0, 0.05) is 48.3 Å². The van der Waals surface area contributed by atoms with Gasteiger partial charge in [-0.2, -0.15) is 0 Å². The van der Waals surface area contributed by atoms with Crippen LogP contribution in [0.2, 0.25) is 0 Å². The highest BCUT2D eigenvalue weighted by molar-refractivity contribution is 5.96. The fourth-order valence-corrected chi connectivity index (χ4v) is 5.42. The molecule has 0 atom stereocenters. The largest absolute Gasteiger partial charge is 0.493 e. The van der Waals surface area contributed by atoms with Crippen LogP contribution in [-0.2, 0) is 17.6 Å². The van der Waals surface area contributed by atoms with Crippen LogP contribution in [0.25, 0.3) is 10.9 Å². The van der Waals surface area contributed by atoms with Crippen molar-refractivity contribution in [1.82, 2.24) is 9.88 Å². The molecule has 3 aliphatic rings. The molecular formula is C25H33N3O5. The Hall–Kier alpha value is -2.58. The number of rotatable bonds is 9. The van der Waals surface area contributed by atoms with Gasteiger partial charge < -0.3 is 29.9 Å². The summed E-state index contributed by atoms with van der Waals surface area (Å²) in [4.78, 5) is 18.7. The van der Waals surface area contributed by atoms with Crippen LogP contribution in [0, 0.1) is 0 Å². The molecule has 1 saturated carbocycles. The summed E-state index contributed by atoms with van der Waals surface area (Å²) in [5.41, 5.74) is 2.49. The maximum atomic E-state index is 11.3. The van der Waals surface area contributed by atoms with Crippen LogP contribution in [0.1, 0.15) is 49.8 Å². The SMILES string of the molecule is COc1cc2c(N[C@H]3C[C@](O)(C(=O)O)C3)c3c(nc2cc1OCCCN1CCCC1)CCC3. The lowest BCUT2D eigenvalue weighted by Gasteiger charge is -2.41. The minimum atomic E-state index is -1.63. The van der Waals surface area contributed by atoms with Crippen LogP contribution < -0.4 is 14.8 Å². The molecule has 5 rings (SSSR count). The van der Waals surface area contributed by atoms with Gasteiger partial charge in [-0.15, -0.1) is 0 Å². The molecule has 0 amide bonds. The first-order valence-electron chi connectivity index (χ1n) is 12.1. The Labute approximate surface area is 193 Å². The first-order chi connectivity index (χ1) is 16.0. The number of pyridine rings is 1. The van der Waals surface area contributed by atoms with E-state index in [2.05, 4.69) is 10.2 Å². The molecule has 2 aliphatic carbocycles. The Morgan fingerprint density at radius 1 is 1.21 bits per heavy atom. The third kappa shape index (κ3) is 4.34. The highest BCUT2D eigenvalue weighted by atomic mass is 16.5. The van der Waals surface area contributed by atoms with Gasteiger partial charge >= 0.3 is 5.97 Å². The fraction of sp³-hybridized carbons (Fsp3) is 0.600. The standard InChI is InChI=1S/C25H33N3O5/c1-32-21-12-18-20(13-22(21)33-11-5-10-28-8-2-3-9-28)27-19-7-4-6-17(19)23(18)26-16-14-25(31,15-16)24(29)30/h12-13,16,31H,2-11,14-15H2,1H3,(H,26,27)(H,29,30)/t16-,25+. The van der Waals surface area contributed by atoms with Gasteiger partial charge in [-0.05, 0) is 63.2 Å². The number of aromatic nitrogens is 1. The summed E-state index contributed by atoms with van der Waals surface area (Å²) in [6.45, 7) is 4.06. The Bertz CT molecular complexity index is 1040. The molecule has 2 heterocycles. The topological polar surface area (TPSA) is 104 Å². The lowest BCUT2D eigenvalue weighted by atomic mass is 9.75. The number of carboxylic acid groups (broad SMARTS) is 1. The molecule has 178 valence electrons. The lowest BCUT2D eigenvalue weighted by molar-refractivity contribution is -0.168. The van der Waals surface area contributed by atoms with Crippen molar-refractivity contribution < 1.29 is 24.5 Å². The summed E-state index contributed by atoms with van der Waals surface area (Å²) in [6, 6.07) is 3.84. The smallest absolute Gasteiger partial charge is 0.335 e. The minimum absolute atomic E-state index is 0.0890. The second-order valence-corrected chi connectivity index (χ2v) is 9.62. The van der Waals surface area contributed by atoms with E-state index < -0.39 is 11.6 Å². The Balaban J connectivity index is 1.37. The van der Waals surface area contributed by atoms with Crippen LogP contribution in [0.15, 0.2) is 12.1 Å². The second-order valence-electron chi connectivity index (χ2n) is 9.62. The number of aryl methyl sites for hydroxylation is 1. The van der Waals surface area contributed by atoms with Gasteiger partial charge in [0.1, 0.15) is 0 Å². The van der Waals surface area contributed by atoms with Crippen molar-refractivity contribution in [1.29, 1.82) is 0 Å². The molecule has 0 radical (unpaired) electrons. The number of aliphatic hydroxyl groups is 1. The number of likely N-dealkylation sites (tertiary alicyclic amines) is 1. The summed E-state index contributed by atoms with van der Waals surface area (Å²) < 4.78 is 11.8. The van der Waals surface area contributed by atoms with E-state index in [-0.39, 0.29) is 18.9 Å². The van der Waals surface area contributed by atoms with Crippen molar-refractivity contribution >= 4 is 22.6 Å². The van der Waals surface area contributed by atoms with E-state index in [1.807, 2.05) is 12.1 Å². The van der Waals surface area contributed by atoms with Gasteiger partial charge in [-0.3, -0.25) is 4.98 Å². The van der Waals surface area contributed by atoms with Crippen molar-refractivity contribution in [3.05, 3.63) is 23.4 Å². The average Bonchev–Trinajstić information content (AvgIpc) is 3.46. The third-order valence-corrected chi connectivity index (χ3v) is 7.29. The first-order valence-corrected chi connectivity index (χ1v) is 12.1. The van der Waals surface area contributed by atoms with Gasteiger partial charge in [0.25, 0.3) is 0 Å². The molecule has 2 fully saturated rings. The van der Waals surface area contributed by atoms with E-state index in [0.29, 0.717) is 18.1 Å². The second kappa shape index (κ2) is 8.99. The average molecular weight is 456 g/mol. The van der Waals surface area contributed by atoms with E-state index >= 15 is 0 Å². The van der Waals surface area contributed by atoms with Gasteiger partial charge in [0.15, 0.2) is 17.1 Å². The first kappa shape index (κ1) is 22.2. The lowest BCUT2D eigenvalue weighted by Crippen LogP contribution is -2.55. The summed E-state index contributed by atoms with van der Waals surface area (Å²) in [5, 5.41) is 23.8. The van der Waals surface area contributed by atoms with E-state index in [1.54, 1.807) is 7.11 Å². The number of aliphatic carboxylic acids is 1. The maximum Gasteiger partial charge on any atom is 0.335 e. The summed E-state index contributed by atoms with van der Waals surface area (Å²) in [5.74, 6) is 0.215. The number of carbonyl (C=O) groups is 1. The molecule has 0 spiro atoms. The molecule has 1 aromatic heterocycles. The maximum absolute atomic E-state index is 11.3. The highest BCUT2D eigenvalue weighted by Crippen LogP contribution is 2.42. The monoisotopic (exact) mass is 455 g/mol. The number of carboxylic acids is 1. The fourth-order valence-electron chi connectivity index (χ4n) is 5.42. The number of hydrogen-bond donors (Lipinski definition) is 3. The molecule has 8 heteroatoms. The van der Waals surface area contributed by atoms with Crippen molar-refractivity contribution in [2.45, 2.75) is 63.0 Å². The molecule has 33 heavy (non-hydrogen) atoms. The molecular weight excluding hydrogens is 422 g/mol. The molecule has 0 unspecified atom stereocenters. The van der Waals surface area contributed by atoms with Gasteiger partial charge in [0.2, 0.25) is 0 Å². The van der Waals surface area contributed by atoms with Crippen LogP contribution in [0.3, 0.4) is 0 Å². The number of anilines is 1. The molecule has 2 aromatic rings.